The maximum atomic E-state index is 13.2. The maximum Gasteiger partial charge on any atom is 0.141 e. The molecule has 102 valence electrons. The second kappa shape index (κ2) is 5.77. The summed E-state index contributed by atoms with van der Waals surface area (Å²) in [4.78, 5) is 3.84. The van der Waals surface area contributed by atoms with Crippen molar-refractivity contribution in [2.75, 3.05) is 0 Å². The van der Waals surface area contributed by atoms with Crippen LogP contribution in [-0.4, -0.2) is 14.8 Å². The fraction of sp³-hybridized carbons (Fsp3) is 0.333. The lowest BCUT2D eigenvalue weighted by Crippen LogP contribution is -2.30. The Balaban J connectivity index is 2.29. The van der Waals surface area contributed by atoms with Gasteiger partial charge in [0.05, 0.1) is 28.1 Å². The second-order valence-corrected chi connectivity index (χ2v) is 5.12. The molecule has 0 fully saturated rings. The Morgan fingerprint density at radius 2 is 2.26 bits per heavy atom. The first-order chi connectivity index (χ1) is 9.02. The molecule has 0 aliphatic heterocycles. The molecule has 2 rings (SSSR count). The van der Waals surface area contributed by atoms with Crippen molar-refractivity contribution in [2.24, 2.45) is 12.9 Å². The fourth-order valence-electron chi connectivity index (χ4n) is 1.99. The van der Waals surface area contributed by atoms with Gasteiger partial charge in [-0.25, -0.2) is 4.39 Å². The van der Waals surface area contributed by atoms with E-state index >= 15 is 0 Å². The van der Waals surface area contributed by atoms with Crippen molar-refractivity contribution in [3.8, 4) is 0 Å². The van der Waals surface area contributed by atoms with E-state index in [1.165, 1.54) is 12.3 Å². The summed E-state index contributed by atoms with van der Waals surface area (Å²) in [7, 11) is 1.87. The lowest BCUT2D eigenvalue weighted by molar-refractivity contribution is 0.521. The molecule has 0 spiro atoms. The van der Waals surface area contributed by atoms with Crippen molar-refractivity contribution in [2.45, 2.75) is 19.4 Å². The number of nitrogens with one attached hydrogen (secondary N) is 1. The van der Waals surface area contributed by atoms with E-state index in [9.17, 15) is 4.39 Å². The average molecular weight is 328 g/mol. The average Bonchev–Trinajstić information content (AvgIpc) is 2.61. The number of nitrogens with zero attached hydrogens (tertiary/aromatic N) is 3. The molecular formula is C12H15BrFN5. The van der Waals surface area contributed by atoms with Crippen molar-refractivity contribution in [3.05, 3.63) is 45.7 Å². The van der Waals surface area contributed by atoms with Crippen molar-refractivity contribution < 1.29 is 4.39 Å². The smallest absolute Gasteiger partial charge is 0.141 e. The van der Waals surface area contributed by atoms with Gasteiger partial charge in [0.15, 0.2) is 0 Å². The number of nitrogens with two attached hydrogens (primary N) is 1. The van der Waals surface area contributed by atoms with Crippen LogP contribution >= 0.6 is 15.9 Å². The van der Waals surface area contributed by atoms with Gasteiger partial charge in [0.25, 0.3) is 0 Å². The molecule has 5 nitrogen and oxygen atoms in total. The van der Waals surface area contributed by atoms with Crippen LogP contribution in [0.1, 0.15) is 23.0 Å². The highest BCUT2D eigenvalue weighted by molar-refractivity contribution is 9.10. The largest absolute Gasteiger partial charge is 0.271 e. The summed E-state index contributed by atoms with van der Waals surface area (Å²) in [6.45, 7) is 1.92. The Morgan fingerprint density at radius 3 is 2.79 bits per heavy atom. The summed E-state index contributed by atoms with van der Waals surface area (Å²) in [5.41, 5.74) is 5.29. The third-order valence-corrected chi connectivity index (χ3v) is 4.02. The predicted molar refractivity (Wildman–Crippen MR) is 73.6 cm³/mol. The lowest BCUT2D eigenvalue weighted by atomic mass is 10.0. The summed E-state index contributed by atoms with van der Waals surface area (Å²) < 4.78 is 15.9. The minimum atomic E-state index is -0.377. The van der Waals surface area contributed by atoms with Crippen molar-refractivity contribution in [1.82, 2.24) is 20.2 Å². The minimum Gasteiger partial charge on any atom is -0.271 e. The molecule has 0 saturated carbocycles. The maximum absolute atomic E-state index is 13.2. The van der Waals surface area contributed by atoms with Crippen LogP contribution in [0.3, 0.4) is 0 Å². The van der Waals surface area contributed by atoms with Gasteiger partial charge >= 0.3 is 0 Å². The number of halogens is 2. The molecule has 0 saturated heterocycles. The molecule has 2 aromatic rings. The van der Waals surface area contributed by atoms with Gasteiger partial charge in [0.1, 0.15) is 5.82 Å². The van der Waals surface area contributed by atoms with Crippen LogP contribution in [0.15, 0.2) is 22.9 Å². The highest BCUT2D eigenvalue weighted by atomic mass is 79.9. The van der Waals surface area contributed by atoms with E-state index in [1.54, 1.807) is 10.9 Å². The number of hydrogen-bond acceptors (Lipinski definition) is 4. The first-order valence-electron chi connectivity index (χ1n) is 5.77. The lowest BCUT2D eigenvalue weighted by Gasteiger charge is -2.16. The fourth-order valence-corrected chi connectivity index (χ4v) is 2.48. The molecule has 2 aromatic heterocycles. The summed E-state index contributed by atoms with van der Waals surface area (Å²) in [5.74, 6) is 5.19. The third-order valence-electron chi connectivity index (χ3n) is 2.99. The Hall–Kier alpha value is -1.31. The zero-order chi connectivity index (χ0) is 14.0. The molecule has 1 unspecified atom stereocenters. The molecule has 19 heavy (non-hydrogen) atoms. The van der Waals surface area contributed by atoms with Crippen molar-refractivity contribution in [1.29, 1.82) is 0 Å². The van der Waals surface area contributed by atoms with Crippen LogP contribution in [0.2, 0.25) is 0 Å². The zero-order valence-electron chi connectivity index (χ0n) is 10.7. The summed E-state index contributed by atoms with van der Waals surface area (Å²) in [6, 6.07) is 1.20. The second-order valence-electron chi connectivity index (χ2n) is 4.33. The highest BCUT2D eigenvalue weighted by Crippen LogP contribution is 2.25. The van der Waals surface area contributed by atoms with Crippen LogP contribution in [0.25, 0.3) is 0 Å². The van der Waals surface area contributed by atoms with E-state index in [-0.39, 0.29) is 11.9 Å². The topological polar surface area (TPSA) is 68.8 Å². The van der Waals surface area contributed by atoms with Gasteiger partial charge in [-0.05, 0) is 34.5 Å². The van der Waals surface area contributed by atoms with Crippen LogP contribution in [-0.2, 0) is 13.5 Å². The number of rotatable bonds is 4. The van der Waals surface area contributed by atoms with Gasteiger partial charge in [-0.15, -0.1) is 0 Å². The zero-order valence-corrected chi connectivity index (χ0v) is 12.3. The van der Waals surface area contributed by atoms with Gasteiger partial charge in [-0.2, -0.15) is 5.10 Å². The third kappa shape index (κ3) is 2.99. The van der Waals surface area contributed by atoms with E-state index in [2.05, 4.69) is 31.4 Å². The van der Waals surface area contributed by atoms with Crippen LogP contribution in [0.5, 0.6) is 0 Å². The van der Waals surface area contributed by atoms with Gasteiger partial charge in [-0.3, -0.25) is 20.9 Å². The van der Waals surface area contributed by atoms with E-state index in [4.69, 9.17) is 5.84 Å². The number of pyridine rings is 1. The van der Waals surface area contributed by atoms with Gasteiger partial charge in [-0.1, -0.05) is 0 Å². The first kappa shape index (κ1) is 14.1. The molecule has 7 heteroatoms. The highest BCUT2D eigenvalue weighted by Gasteiger charge is 2.18. The Kier molecular flexibility index (Phi) is 4.28. The first-order valence-corrected chi connectivity index (χ1v) is 6.56. The van der Waals surface area contributed by atoms with Crippen molar-refractivity contribution >= 4 is 15.9 Å². The van der Waals surface area contributed by atoms with Gasteiger partial charge in [0.2, 0.25) is 0 Å². The Labute approximate surface area is 119 Å². The van der Waals surface area contributed by atoms with Crippen LogP contribution < -0.4 is 11.3 Å². The molecule has 2 heterocycles. The Bertz CT molecular complexity index is 583. The van der Waals surface area contributed by atoms with Gasteiger partial charge in [0, 0.05) is 19.7 Å². The molecule has 0 aliphatic carbocycles. The molecular weight excluding hydrogens is 313 g/mol. The molecule has 0 amide bonds. The Morgan fingerprint density at radius 1 is 1.53 bits per heavy atom. The standard InChI is InChI=1S/C12H15BrFN5/c1-7-12(13)11(19(2)18-7)4-10(17-15)8-3-9(14)6-16-5-8/h3,5-6,10,17H,4,15H2,1-2H3. The quantitative estimate of drug-likeness (QED) is 0.663. The SMILES string of the molecule is Cc1nn(C)c(CC(NN)c2cncc(F)c2)c1Br. The van der Waals surface area contributed by atoms with Crippen LogP contribution in [0, 0.1) is 12.7 Å². The van der Waals surface area contributed by atoms with E-state index in [0.717, 1.165) is 15.9 Å². The van der Waals surface area contributed by atoms with Gasteiger partial charge < -0.3 is 0 Å². The summed E-state index contributed by atoms with van der Waals surface area (Å²) >= 11 is 3.50. The number of aromatic nitrogens is 3. The van der Waals surface area contributed by atoms with E-state index in [0.29, 0.717) is 12.0 Å². The minimum absolute atomic E-state index is 0.228. The number of hydrazine groups is 1. The molecule has 0 aromatic carbocycles. The summed E-state index contributed by atoms with van der Waals surface area (Å²) in [6.07, 6.45) is 3.35. The van der Waals surface area contributed by atoms with E-state index < -0.39 is 0 Å². The molecule has 1 atom stereocenters. The molecule has 0 aliphatic rings. The monoisotopic (exact) mass is 327 g/mol. The molecule has 3 N–H and O–H groups in total. The van der Waals surface area contributed by atoms with E-state index in [1.807, 2.05) is 14.0 Å². The molecule has 0 radical (unpaired) electrons. The predicted octanol–water partition coefficient (Wildman–Crippen LogP) is 1.77. The summed E-state index contributed by atoms with van der Waals surface area (Å²) in [5, 5.41) is 4.32. The normalized spacial score (nSPS) is 12.7. The molecule has 0 bridgehead atoms. The number of aryl methyl sites for hydroxylation is 2. The van der Waals surface area contributed by atoms with Crippen molar-refractivity contribution in [3.63, 3.8) is 0 Å². The number of hydrogen-bond donors (Lipinski definition) is 2. The van der Waals surface area contributed by atoms with Crippen LogP contribution in [0.4, 0.5) is 4.39 Å².